The quantitative estimate of drug-likeness (QED) is 0.607. The molecule has 0 amide bonds. The summed E-state index contributed by atoms with van der Waals surface area (Å²) in [4.78, 5) is 11.8. The van der Waals surface area contributed by atoms with Gasteiger partial charge in [0.1, 0.15) is 0 Å². The van der Waals surface area contributed by atoms with Crippen molar-refractivity contribution in [1.82, 2.24) is 0 Å². The number of non-ortho nitro benzene ring substituents is 1. The van der Waals surface area contributed by atoms with Crippen LogP contribution in [0.2, 0.25) is 0 Å². The molecule has 0 aliphatic carbocycles. The van der Waals surface area contributed by atoms with Crippen molar-refractivity contribution >= 4 is 22.7 Å². The zero-order valence-electron chi connectivity index (χ0n) is 11.6. The van der Waals surface area contributed by atoms with Crippen LogP contribution in [0.5, 0.6) is 0 Å². The summed E-state index contributed by atoms with van der Waals surface area (Å²) >= 11 is 1.71. The van der Waals surface area contributed by atoms with Gasteiger partial charge in [0.05, 0.1) is 11.0 Å². The van der Waals surface area contributed by atoms with Crippen molar-refractivity contribution in [2.75, 3.05) is 5.32 Å². The molecule has 1 unspecified atom stereocenters. The minimum absolute atomic E-state index is 0.133. The van der Waals surface area contributed by atoms with Gasteiger partial charge in [-0.25, -0.2) is 0 Å². The van der Waals surface area contributed by atoms with Crippen LogP contribution < -0.4 is 5.32 Å². The van der Waals surface area contributed by atoms with Gasteiger partial charge in [0.15, 0.2) is 0 Å². The van der Waals surface area contributed by atoms with E-state index >= 15 is 0 Å². The SMILES string of the molecule is CCCC(Nc1cc(C)cc([N+](=O)[O-])c1)c1cccs1. The molecule has 0 bridgehead atoms. The maximum absolute atomic E-state index is 10.9. The lowest BCUT2D eigenvalue weighted by atomic mass is 10.1. The molecule has 1 aromatic carbocycles. The molecular formula is C15H18N2O2S. The predicted molar refractivity (Wildman–Crippen MR) is 83.4 cm³/mol. The van der Waals surface area contributed by atoms with Crippen molar-refractivity contribution in [2.24, 2.45) is 0 Å². The Balaban J connectivity index is 2.24. The molecule has 0 aliphatic rings. The van der Waals surface area contributed by atoms with E-state index < -0.39 is 0 Å². The van der Waals surface area contributed by atoms with Gasteiger partial charge < -0.3 is 5.32 Å². The number of aryl methyl sites for hydroxylation is 1. The summed E-state index contributed by atoms with van der Waals surface area (Å²) in [6.07, 6.45) is 2.06. The molecule has 1 aromatic heterocycles. The first-order chi connectivity index (χ1) is 9.60. The molecule has 106 valence electrons. The number of thiophene rings is 1. The maximum atomic E-state index is 10.9. The Labute approximate surface area is 122 Å². The molecule has 2 rings (SSSR count). The van der Waals surface area contributed by atoms with Gasteiger partial charge in [-0.2, -0.15) is 0 Å². The van der Waals surface area contributed by atoms with Gasteiger partial charge in [-0.1, -0.05) is 19.4 Å². The van der Waals surface area contributed by atoms with E-state index in [9.17, 15) is 10.1 Å². The second-order valence-corrected chi connectivity index (χ2v) is 5.79. The van der Waals surface area contributed by atoms with Gasteiger partial charge in [-0.3, -0.25) is 10.1 Å². The summed E-state index contributed by atoms with van der Waals surface area (Å²) in [7, 11) is 0. The second-order valence-electron chi connectivity index (χ2n) is 4.82. The molecular weight excluding hydrogens is 272 g/mol. The lowest BCUT2D eigenvalue weighted by Crippen LogP contribution is -2.09. The van der Waals surface area contributed by atoms with E-state index in [0.29, 0.717) is 0 Å². The number of hydrogen-bond donors (Lipinski definition) is 1. The topological polar surface area (TPSA) is 55.2 Å². The minimum atomic E-state index is -0.349. The molecule has 0 radical (unpaired) electrons. The third-order valence-electron chi connectivity index (χ3n) is 3.08. The first kappa shape index (κ1) is 14.5. The number of nitrogens with one attached hydrogen (secondary N) is 1. The zero-order valence-corrected chi connectivity index (χ0v) is 12.4. The Kier molecular flexibility index (Phi) is 4.74. The van der Waals surface area contributed by atoms with Crippen LogP contribution in [0.4, 0.5) is 11.4 Å². The van der Waals surface area contributed by atoms with Crippen molar-refractivity contribution < 1.29 is 4.92 Å². The average molecular weight is 290 g/mol. The summed E-state index contributed by atoms with van der Waals surface area (Å²) in [5.41, 5.74) is 1.83. The molecule has 2 aromatic rings. The Hall–Kier alpha value is -1.88. The van der Waals surface area contributed by atoms with Gasteiger partial charge in [-0.15, -0.1) is 11.3 Å². The lowest BCUT2D eigenvalue weighted by Gasteiger charge is -2.18. The Morgan fingerprint density at radius 2 is 2.20 bits per heavy atom. The summed E-state index contributed by atoms with van der Waals surface area (Å²) in [5, 5.41) is 16.4. The Morgan fingerprint density at radius 3 is 2.80 bits per heavy atom. The van der Waals surface area contributed by atoms with E-state index in [2.05, 4.69) is 23.7 Å². The summed E-state index contributed by atoms with van der Waals surface area (Å²) in [5.74, 6) is 0. The lowest BCUT2D eigenvalue weighted by molar-refractivity contribution is -0.384. The first-order valence-electron chi connectivity index (χ1n) is 6.66. The molecule has 20 heavy (non-hydrogen) atoms. The molecule has 0 saturated heterocycles. The highest BCUT2D eigenvalue weighted by atomic mass is 32.1. The van der Waals surface area contributed by atoms with E-state index in [0.717, 1.165) is 24.1 Å². The molecule has 1 N–H and O–H groups in total. The molecule has 5 heteroatoms. The highest BCUT2D eigenvalue weighted by Gasteiger charge is 2.14. The molecule has 4 nitrogen and oxygen atoms in total. The largest absolute Gasteiger partial charge is 0.377 e. The van der Waals surface area contributed by atoms with E-state index in [1.54, 1.807) is 23.5 Å². The molecule has 1 heterocycles. The second kappa shape index (κ2) is 6.52. The van der Waals surface area contributed by atoms with Gasteiger partial charge in [0.25, 0.3) is 5.69 Å². The Morgan fingerprint density at radius 1 is 1.40 bits per heavy atom. The number of anilines is 1. The zero-order chi connectivity index (χ0) is 14.5. The van der Waals surface area contributed by atoms with Gasteiger partial charge in [-0.05, 0) is 36.4 Å². The van der Waals surface area contributed by atoms with Gasteiger partial charge in [0, 0.05) is 22.7 Å². The fourth-order valence-corrected chi connectivity index (χ4v) is 3.03. The molecule has 0 saturated carbocycles. The van der Waals surface area contributed by atoms with Gasteiger partial charge >= 0.3 is 0 Å². The van der Waals surface area contributed by atoms with Crippen LogP contribution in [0.1, 0.15) is 36.2 Å². The highest BCUT2D eigenvalue weighted by molar-refractivity contribution is 7.10. The average Bonchev–Trinajstić information content (AvgIpc) is 2.91. The van der Waals surface area contributed by atoms with Crippen LogP contribution in [-0.2, 0) is 0 Å². The van der Waals surface area contributed by atoms with Crippen molar-refractivity contribution in [3.63, 3.8) is 0 Å². The van der Waals surface area contributed by atoms with Gasteiger partial charge in [0.2, 0.25) is 0 Å². The summed E-state index contributed by atoms with van der Waals surface area (Å²) in [6, 6.07) is 9.48. The van der Waals surface area contributed by atoms with Crippen LogP contribution in [0, 0.1) is 17.0 Å². The third kappa shape index (κ3) is 3.57. The molecule has 0 spiro atoms. The Bertz CT molecular complexity index is 582. The van der Waals surface area contributed by atoms with E-state index in [1.807, 2.05) is 19.1 Å². The normalized spacial score (nSPS) is 12.1. The van der Waals surface area contributed by atoms with Crippen LogP contribution >= 0.6 is 11.3 Å². The smallest absolute Gasteiger partial charge is 0.271 e. The summed E-state index contributed by atoms with van der Waals surface area (Å²) in [6.45, 7) is 4.01. The monoisotopic (exact) mass is 290 g/mol. The number of hydrogen-bond acceptors (Lipinski definition) is 4. The van der Waals surface area contributed by atoms with Crippen molar-refractivity contribution in [3.8, 4) is 0 Å². The first-order valence-corrected chi connectivity index (χ1v) is 7.54. The maximum Gasteiger partial charge on any atom is 0.271 e. The van der Waals surface area contributed by atoms with Crippen molar-refractivity contribution in [2.45, 2.75) is 32.7 Å². The molecule has 1 atom stereocenters. The molecule has 0 aliphatic heterocycles. The fourth-order valence-electron chi connectivity index (χ4n) is 2.22. The number of rotatable bonds is 6. The standard InChI is InChI=1S/C15H18N2O2S/c1-3-5-14(15-6-4-7-20-15)16-12-8-11(2)9-13(10-12)17(18)19/h4,6-10,14,16H,3,5H2,1-2H3. The fraction of sp³-hybridized carbons (Fsp3) is 0.333. The van der Waals surface area contributed by atoms with Crippen LogP contribution in [0.15, 0.2) is 35.7 Å². The van der Waals surface area contributed by atoms with Crippen molar-refractivity contribution in [1.29, 1.82) is 0 Å². The number of nitrogens with zero attached hydrogens (tertiary/aromatic N) is 1. The molecule has 0 fully saturated rings. The third-order valence-corrected chi connectivity index (χ3v) is 4.06. The number of nitro groups is 1. The van der Waals surface area contributed by atoms with E-state index in [4.69, 9.17) is 0 Å². The van der Waals surface area contributed by atoms with Crippen LogP contribution in [0.3, 0.4) is 0 Å². The van der Waals surface area contributed by atoms with Crippen molar-refractivity contribution in [3.05, 3.63) is 56.3 Å². The van der Waals surface area contributed by atoms with Crippen LogP contribution in [-0.4, -0.2) is 4.92 Å². The minimum Gasteiger partial charge on any atom is -0.377 e. The summed E-state index contributed by atoms with van der Waals surface area (Å²) < 4.78 is 0. The number of nitro benzene ring substituents is 1. The van der Waals surface area contributed by atoms with E-state index in [-0.39, 0.29) is 16.7 Å². The van der Waals surface area contributed by atoms with Crippen LogP contribution in [0.25, 0.3) is 0 Å². The highest BCUT2D eigenvalue weighted by Crippen LogP contribution is 2.29. The van der Waals surface area contributed by atoms with E-state index in [1.165, 1.54) is 4.88 Å². The number of benzene rings is 1. The predicted octanol–water partition coefficient (Wildman–Crippen LogP) is 4.92.